The van der Waals surface area contributed by atoms with E-state index in [2.05, 4.69) is 5.32 Å². The molecule has 1 saturated heterocycles. The van der Waals surface area contributed by atoms with Gasteiger partial charge in [0.05, 0.1) is 23.8 Å². The predicted octanol–water partition coefficient (Wildman–Crippen LogP) is 3.82. The molecule has 0 aromatic heterocycles. The van der Waals surface area contributed by atoms with E-state index in [4.69, 9.17) is 47.6 Å². The summed E-state index contributed by atoms with van der Waals surface area (Å²) in [7, 11) is 1.57. The van der Waals surface area contributed by atoms with Gasteiger partial charge in [0.1, 0.15) is 6.10 Å². The van der Waals surface area contributed by atoms with Crippen molar-refractivity contribution in [2.45, 2.75) is 12.2 Å². The number of nitrogens with one attached hydrogen (secondary N) is 1. The van der Waals surface area contributed by atoms with E-state index in [1.54, 1.807) is 19.2 Å². The monoisotopic (exact) mass is 483 g/mol. The molecule has 0 bridgehead atoms. The van der Waals surface area contributed by atoms with E-state index in [9.17, 15) is 9.59 Å². The van der Waals surface area contributed by atoms with Crippen LogP contribution in [0.1, 0.15) is 11.7 Å². The van der Waals surface area contributed by atoms with Crippen molar-refractivity contribution in [2.24, 2.45) is 0 Å². The fourth-order valence-electron chi connectivity index (χ4n) is 2.82. The number of benzene rings is 2. The number of hydrogen-bond acceptors (Lipinski definition) is 6. The number of methoxy groups -OCH3 is 1. The maximum Gasteiger partial charge on any atom is 0.328 e. The van der Waals surface area contributed by atoms with Gasteiger partial charge in [-0.3, -0.25) is 0 Å². The zero-order valence-electron chi connectivity index (χ0n) is 17.2. The average molecular weight is 484 g/mol. The van der Waals surface area contributed by atoms with Crippen LogP contribution in [0.2, 0.25) is 10.0 Å². The Hall–Kier alpha value is -2.78. The van der Waals surface area contributed by atoms with Crippen LogP contribution in [-0.4, -0.2) is 55.1 Å². The highest BCUT2D eigenvalue weighted by Crippen LogP contribution is 2.39. The number of carboxylic acids is 2. The molecule has 1 aliphatic rings. The smallest absolute Gasteiger partial charge is 0.328 e. The molecule has 8 nitrogen and oxygen atoms in total. The SMILES string of the molecule is COc1cc(Cl)c(Cl)cc1O[C@@H](c1ccccc1)[C@@H]1CNCCO1.O=C(O)C=CC(=O)O. The number of rotatable bonds is 7. The summed E-state index contributed by atoms with van der Waals surface area (Å²) < 4.78 is 17.6. The van der Waals surface area contributed by atoms with Crippen molar-refractivity contribution in [2.75, 3.05) is 26.8 Å². The summed E-state index contributed by atoms with van der Waals surface area (Å²) in [5.41, 5.74) is 1.03. The molecule has 10 heteroatoms. The standard InChI is InChI=1S/C18H19Cl2NO3.C4H4O4/c1-22-15-9-13(19)14(20)10-16(15)24-18(12-5-3-2-4-6-12)17-11-21-7-8-23-17;5-3(6)1-2-4(7)8/h2-6,9-10,17-18,21H,7-8,11H2,1H3;1-2H,(H,5,6)(H,7,8)/t17-,18-;/m0./s1. The third-order valence-electron chi connectivity index (χ3n) is 4.25. The summed E-state index contributed by atoms with van der Waals surface area (Å²) >= 11 is 12.2. The Morgan fingerprint density at radius 2 is 1.69 bits per heavy atom. The molecule has 0 spiro atoms. The van der Waals surface area contributed by atoms with Gasteiger partial charge < -0.3 is 29.7 Å². The van der Waals surface area contributed by atoms with Crippen LogP contribution in [-0.2, 0) is 14.3 Å². The zero-order chi connectivity index (χ0) is 23.5. The van der Waals surface area contributed by atoms with Crippen molar-refractivity contribution >= 4 is 35.1 Å². The summed E-state index contributed by atoms with van der Waals surface area (Å²) in [6.45, 7) is 2.20. The maximum absolute atomic E-state index is 9.55. The Balaban J connectivity index is 0.000000390. The molecule has 2 aromatic rings. The molecule has 172 valence electrons. The lowest BCUT2D eigenvalue weighted by molar-refractivity contribution is -0.134. The first kappa shape index (κ1) is 25.5. The second kappa shape index (κ2) is 12.9. The molecule has 3 N–H and O–H groups in total. The van der Waals surface area contributed by atoms with Gasteiger partial charge in [-0.1, -0.05) is 53.5 Å². The van der Waals surface area contributed by atoms with Gasteiger partial charge in [0, 0.05) is 37.4 Å². The number of halogens is 2. The number of carbonyl (C=O) groups is 2. The van der Waals surface area contributed by atoms with Crippen LogP contribution in [0.25, 0.3) is 0 Å². The maximum atomic E-state index is 9.55. The quantitative estimate of drug-likeness (QED) is 0.509. The molecule has 2 atom stereocenters. The molecule has 0 amide bonds. The van der Waals surface area contributed by atoms with Gasteiger partial charge in [0.2, 0.25) is 0 Å². The minimum absolute atomic E-state index is 0.111. The first-order valence-electron chi connectivity index (χ1n) is 9.52. The minimum atomic E-state index is -1.26. The number of carboxylic acid groups (broad SMARTS) is 2. The number of ether oxygens (including phenoxy) is 3. The third kappa shape index (κ3) is 8.05. The summed E-state index contributed by atoms with van der Waals surface area (Å²) in [6.07, 6.45) is 0.718. The lowest BCUT2D eigenvalue weighted by atomic mass is 10.0. The minimum Gasteiger partial charge on any atom is -0.493 e. The van der Waals surface area contributed by atoms with E-state index in [0.29, 0.717) is 46.8 Å². The van der Waals surface area contributed by atoms with Crippen LogP contribution < -0.4 is 14.8 Å². The van der Waals surface area contributed by atoms with Crippen molar-refractivity contribution < 1.29 is 34.0 Å². The number of hydrogen-bond donors (Lipinski definition) is 3. The van der Waals surface area contributed by atoms with Gasteiger partial charge in [-0.2, -0.15) is 0 Å². The Labute approximate surface area is 195 Å². The lowest BCUT2D eigenvalue weighted by Crippen LogP contribution is -2.43. The summed E-state index contributed by atoms with van der Waals surface area (Å²) in [5, 5.41) is 19.8. The van der Waals surface area contributed by atoms with Crippen molar-refractivity contribution in [1.29, 1.82) is 0 Å². The molecular formula is C22H23Cl2NO7. The first-order valence-corrected chi connectivity index (χ1v) is 10.3. The summed E-state index contributed by atoms with van der Waals surface area (Å²) in [4.78, 5) is 19.1. The van der Waals surface area contributed by atoms with E-state index < -0.39 is 11.9 Å². The van der Waals surface area contributed by atoms with Crippen molar-refractivity contribution in [1.82, 2.24) is 5.32 Å². The first-order chi connectivity index (χ1) is 15.3. The van der Waals surface area contributed by atoms with Gasteiger partial charge in [0.15, 0.2) is 17.6 Å². The normalized spacial score (nSPS) is 16.5. The van der Waals surface area contributed by atoms with Crippen LogP contribution >= 0.6 is 23.2 Å². The molecule has 1 heterocycles. The fraction of sp³-hybridized carbons (Fsp3) is 0.273. The number of aliphatic carboxylic acids is 2. The van der Waals surface area contributed by atoms with E-state index in [0.717, 1.165) is 12.1 Å². The molecule has 2 aromatic carbocycles. The summed E-state index contributed by atoms with van der Waals surface area (Å²) in [6, 6.07) is 13.3. The van der Waals surface area contributed by atoms with E-state index in [1.165, 1.54) is 0 Å². The zero-order valence-corrected chi connectivity index (χ0v) is 18.7. The highest BCUT2D eigenvalue weighted by molar-refractivity contribution is 6.42. The van der Waals surface area contributed by atoms with Crippen LogP contribution in [0, 0.1) is 0 Å². The molecule has 1 fully saturated rings. The molecular weight excluding hydrogens is 461 g/mol. The fourth-order valence-corrected chi connectivity index (χ4v) is 3.13. The van der Waals surface area contributed by atoms with Crippen molar-refractivity contribution in [3.63, 3.8) is 0 Å². The third-order valence-corrected chi connectivity index (χ3v) is 4.97. The highest BCUT2D eigenvalue weighted by Gasteiger charge is 2.29. The van der Waals surface area contributed by atoms with Gasteiger partial charge in [-0.25, -0.2) is 9.59 Å². The Bertz CT molecular complexity index is 915. The molecule has 32 heavy (non-hydrogen) atoms. The van der Waals surface area contributed by atoms with Crippen molar-refractivity contribution in [3.05, 3.63) is 70.2 Å². The predicted molar refractivity (Wildman–Crippen MR) is 120 cm³/mol. The molecule has 0 saturated carbocycles. The van der Waals surface area contributed by atoms with Gasteiger partial charge in [-0.05, 0) is 5.56 Å². The second-order valence-corrected chi connectivity index (χ2v) is 7.30. The van der Waals surface area contributed by atoms with Crippen molar-refractivity contribution in [3.8, 4) is 11.5 Å². The largest absolute Gasteiger partial charge is 0.493 e. The van der Waals surface area contributed by atoms with E-state index in [-0.39, 0.29) is 12.2 Å². The van der Waals surface area contributed by atoms with Gasteiger partial charge in [0.25, 0.3) is 0 Å². The average Bonchev–Trinajstić information content (AvgIpc) is 2.79. The Morgan fingerprint density at radius 1 is 1.09 bits per heavy atom. The van der Waals surface area contributed by atoms with E-state index >= 15 is 0 Å². The van der Waals surface area contributed by atoms with Crippen LogP contribution in [0.3, 0.4) is 0 Å². The molecule has 1 aliphatic heterocycles. The topological polar surface area (TPSA) is 114 Å². The molecule has 0 radical (unpaired) electrons. The molecule has 3 rings (SSSR count). The molecule has 0 aliphatic carbocycles. The highest BCUT2D eigenvalue weighted by atomic mass is 35.5. The Morgan fingerprint density at radius 3 is 2.19 bits per heavy atom. The van der Waals surface area contributed by atoms with E-state index in [1.807, 2.05) is 30.3 Å². The molecule has 0 unspecified atom stereocenters. The lowest BCUT2D eigenvalue weighted by Gasteiger charge is -2.32. The van der Waals surface area contributed by atoms with Gasteiger partial charge >= 0.3 is 11.9 Å². The van der Waals surface area contributed by atoms with Crippen LogP contribution in [0.4, 0.5) is 0 Å². The van der Waals surface area contributed by atoms with Crippen LogP contribution in [0.15, 0.2) is 54.6 Å². The van der Waals surface area contributed by atoms with Crippen LogP contribution in [0.5, 0.6) is 11.5 Å². The number of morpholine rings is 1. The van der Waals surface area contributed by atoms with Gasteiger partial charge in [-0.15, -0.1) is 0 Å². The Kier molecular flexibility index (Phi) is 10.3. The second-order valence-electron chi connectivity index (χ2n) is 6.49. The summed E-state index contributed by atoms with van der Waals surface area (Å²) in [5.74, 6) is -1.44.